The number of carbonyl (C=O) groups is 1. The molecule has 10 heteroatoms. The minimum atomic E-state index is -0.174. The molecule has 1 aliphatic heterocycles. The van der Waals surface area contributed by atoms with Gasteiger partial charge in [0.15, 0.2) is 11.4 Å². The van der Waals surface area contributed by atoms with Crippen molar-refractivity contribution in [2.45, 2.75) is 63.5 Å². The molecule has 2 N–H and O–H groups in total. The van der Waals surface area contributed by atoms with Crippen molar-refractivity contribution in [2.75, 3.05) is 38.0 Å². The van der Waals surface area contributed by atoms with Gasteiger partial charge < -0.3 is 24.7 Å². The van der Waals surface area contributed by atoms with Crippen molar-refractivity contribution in [1.82, 2.24) is 19.2 Å². The number of nitrogens with zero attached hydrogens (tertiary/aromatic N) is 4. The standard InChI is InChI=1S/C27H36N6O4/c1-27(36-3)10-4-6-18(16-27)14-22(34)20-17-29-33-24(28-2)15-23(31-25(20)33)30-21-7-5-11-32(26(21)35)19-8-12-37-13-9-19/h5,7,11,15,17-19,28H,4,6,8-10,12-14,16H2,1-3H3,(H,30,31)/t18?,27-/m1/s1. The Hall–Kier alpha value is -3.24. The summed E-state index contributed by atoms with van der Waals surface area (Å²) in [4.78, 5) is 31.4. The first kappa shape index (κ1) is 25.4. The predicted molar refractivity (Wildman–Crippen MR) is 142 cm³/mol. The van der Waals surface area contributed by atoms with E-state index in [9.17, 15) is 9.59 Å². The van der Waals surface area contributed by atoms with Gasteiger partial charge >= 0.3 is 0 Å². The second kappa shape index (κ2) is 10.6. The van der Waals surface area contributed by atoms with Crippen LogP contribution in [0.2, 0.25) is 0 Å². The fourth-order valence-electron chi connectivity index (χ4n) is 5.71. The number of Topliss-reactive ketones (excluding diaryl/α,β-unsaturated/α-hetero) is 1. The third-order valence-corrected chi connectivity index (χ3v) is 7.86. The van der Waals surface area contributed by atoms with E-state index in [-0.39, 0.29) is 28.9 Å². The third-order valence-electron chi connectivity index (χ3n) is 7.86. The molecule has 0 aromatic carbocycles. The highest BCUT2D eigenvalue weighted by atomic mass is 16.5. The van der Waals surface area contributed by atoms with E-state index in [0.29, 0.717) is 48.2 Å². The fourth-order valence-corrected chi connectivity index (χ4v) is 5.71. The predicted octanol–water partition coefficient (Wildman–Crippen LogP) is 4.20. The molecule has 3 aromatic heterocycles. The van der Waals surface area contributed by atoms with Crippen molar-refractivity contribution in [3.8, 4) is 0 Å². The van der Waals surface area contributed by atoms with Crippen LogP contribution in [0.3, 0.4) is 0 Å². The summed E-state index contributed by atoms with van der Waals surface area (Å²) >= 11 is 0. The van der Waals surface area contributed by atoms with Crippen LogP contribution in [0.5, 0.6) is 0 Å². The minimum absolute atomic E-state index is 0.0219. The molecule has 2 fully saturated rings. The maximum absolute atomic E-state index is 13.4. The van der Waals surface area contributed by atoms with Gasteiger partial charge in [0.1, 0.15) is 17.3 Å². The number of nitrogens with one attached hydrogen (secondary N) is 2. The summed E-state index contributed by atoms with van der Waals surface area (Å²) in [6.45, 7) is 3.43. The molecule has 0 bridgehead atoms. The van der Waals surface area contributed by atoms with Crippen LogP contribution in [0.15, 0.2) is 35.4 Å². The molecular formula is C27H36N6O4. The molecular weight excluding hydrogens is 472 g/mol. The maximum atomic E-state index is 13.4. The Labute approximate surface area is 216 Å². The zero-order valence-electron chi connectivity index (χ0n) is 21.8. The molecule has 2 atom stereocenters. The molecule has 1 saturated heterocycles. The first-order chi connectivity index (χ1) is 17.9. The van der Waals surface area contributed by atoms with Gasteiger partial charge in [-0.1, -0.05) is 6.42 Å². The van der Waals surface area contributed by atoms with Gasteiger partial charge in [0.25, 0.3) is 5.56 Å². The molecule has 0 amide bonds. The molecule has 0 radical (unpaired) electrons. The lowest BCUT2D eigenvalue weighted by Crippen LogP contribution is -2.34. The van der Waals surface area contributed by atoms with Crippen LogP contribution in [0.1, 0.15) is 68.3 Å². The van der Waals surface area contributed by atoms with Crippen LogP contribution < -0.4 is 16.2 Å². The topological polar surface area (TPSA) is 112 Å². The number of ketones is 1. The van der Waals surface area contributed by atoms with Gasteiger partial charge in [-0.2, -0.15) is 9.61 Å². The summed E-state index contributed by atoms with van der Waals surface area (Å²) in [6, 6.07) is 5.51. The van der Waals surface area contributed by atoms with Crippen LogP contribution in [0.4, 0.5) is 17.3 Å². The van der Waals surface area contributed by atoms with Crippen LogP contribution in [0, 0.1) is 5.92 Å². The van der Waals surface area contributed by atoms with Crippen molar-refractivity contribution in [3.05, 3.63) is 46.5 Å². The number of hydrogen-bond donors (Lipinski definition) is 2. The van der Waals surface area contributed by atoms with Crippen LogP contribution >= 0.6 is 0 Å². The summed E-state index contributed by atoms with van der Waals surface area (Å²) in [6.07, 6.45) is 9.41. The highest BCUT2D eigenvalue weighted by Gasteiger charge is 2.33. The number of methoxy groups -OCH3 is 1. The van der Waals surface area contributed by atoms with Crippen molar-refractivity contribution < 1.29 is 14.3 Å². The molecule has 1 unspecified atom stereocenters. The van der Waals surface area contributed by atoms with Gasteiger partial charge in [-0.05, 0) is 57.1 Å². The van der Waals surface area contributed by atoms with Crippen LogP contribution in [-0.4, -0.2) is 57.9 Å². The molecule has 3 aromatic rings. The van der Waals surface area contributed by atoms with E-state index in [1.54, 1.807) is 41.6 Å². The first-order valence-corrected chi connectivity index (χ1v) is 13.1. The first-order valence-electron chi connectivity index (χ1n) is 13.1. The minimum Gasteiger partial charge on any atom is -0.381 e. The summed E-state index contributed by atoms with van der Waals surface area (Å²) in [5.41, 5.74) is 1.10. The smallest absolute Gasteiger partial charge is 0.274 e. The van der Waals surface area contributed by atoms with Gasteiger partial charge in [-0.3, -0.25) is 9.59 Å². The van der Waals surface area contributed by atoms with Crippen molar-refractivity contribution >= 4 is 28.8 Å². The monoisotopic (exact) mass is 508 g/mol. The molecule has 1 saturated carbocycles. The fraction of sp³-hybridized carbons (Fsp3) is 0.556. The van der Waals surface area contributed by atoms with E-state index < -0.39 is 0 Å². The molecule has 198 valence electrons. The molecule has 1 aliphatic carbocycles. The van der Waals surface area contributed by atoms with Gasteiger partial charge in [-0.25, -0.2) is 4.98 Å². The molecule has 10 nitrogen and oxygen atoms in total. The number of aromatic nitrogens is 4. The molecule has 0 spiro atoms. The summed E-state index contributed by atoms with van der Waals surface area (Å²) in [5.74, 6) is 1.42. The number of ether oxygens (including phenoxy) is 2. The molecule has 2 aliphatic rings. The van der Waals surface area contributed by atoms with Crippen molar-refractivity contribution in [3.63, 3.8) is 0 Å². The Morgan fingerprint density at radius 1 is 1.30 bits per heavy atom. The summed E-state index contributed by atoms with van der Waals surface area (Å²) in [5, 5.41) is 10.7. The lowest BCUT2D eigenvalue weighted by atomic mass is 9.76. The van der Waals surface area contributed by atoms with E-state index in [4.69, 9.17) is 14.5 Å². The second-order valence-corrected chi connectivity index (χ2v) is 10.4. The lowest BCUT2D eigenvalue weighted by Gasteiger charge is -2.36. The van der Waals surface area contributed by atoms with Gasteiger partial charge in [0.2, 0.25) is 0 Å². The number of carbonyl (C=O) groups excluding carboxylic acids is 1. The third kappa shape index (κ3) is 5.26. The molecule has 5 rings (SSSR count). The summed E-state index contributed by atoms with van der Waals surface area (Å²) < 4.78 is 14.6. The van der Waals surface area contributed by atoms with E-state index in [0.717, 1.165) is 38.5 Å². The number of rotatable bonds is 8. The number of pyridine rings is 1. The Kier molecular flexibility index (Phi) is 7.30. The SMILES string of the molecule is CNc1cc(Nc2cccn(C3CCOCC3)c2=O)nc2c(C(=O)CC3CCC[C@@](C)(OC)C3)cnn12. The number of fused-ring (bicyclic) bond motifs is 1. The second-order valence-electron chi connectivity index (χ2n) is 10.4. The maximum Gasteiger partial charge on any atom is 0.274 e. The largest absolute Gasteiger partial charge is 0.381 e. The highest BCUT2D eigenvalue weighted by molar-refractivity contribution is 6.01. The Balaban J connectivity index is 1.42. The Bertz CT molecular complexity index is 1330. The van der Waals surface area contributed by atoms with E-state index in [1.807, 2.05) is 12.3 Å². The summed E-state index contributed by atoms with van der Waals surface area (Å²) in [7, 11) is 3.54. The van der Waals surface area contributed by atoms with E-state index >= 15 is 0 Å². The van der Waals surface area contributed by atoms with Gasteiger partial charge in [-0.15, -0.1) is 0 Å². The number of hydrogen-bond acceptors (Lipinski definition) is 8. The zero-order chi connectivity index (χ0) is 26.0. The van der Waals surface area contributed by atoms with E-state index in [1.165, 1.54) is 0 Å². The molecule has 4 heterocycles. The average Bonchev–Trinajstić information content (AvgIpc) is 3.34. The van der Waals surface area contributed by atoms with E-state index in [2.05, 4.69) is 22.7 Å². The quantitative estimate of drug-likeness (QED) is 0.436. The highest BCUT2D eigenvalue weighted by Crippen LogP contribution is 2.37. The number of anilines is 3. The van der Waals surface area contributed by atoms with Crippen LogP contribution in [0.25, 0.3) is 5.65 Å². The van der Waals surface area contributed by atoms with Gasteiger partial charge in [0.05, 0.1) is 17.4 Å². The van der Waals surface area contributed by atoms with Crippen molar-refractivity contribution in [2.24, 2.45) is 5.92 Å². The normalized spacial score (nSPS) is 22.7. The molecule has 37 heavy (non-hydrogen) atoms. The van der Waals surface area contributed by atoms with Crippen LogP contribution in [-0.2, 0) is 9.47 Å². The van der Waals surface area contributed by atoms with Gasteiger partial charge in [0, 0.05) is 52.1 Å². The average molecular weight is 509 g/mol. The van der Waals surface area contributed by atoms with Crippen molar-refractivity contribution in [1.29, 1.82) is 0 Å². The lowest BCUT2D eigenvalue weighted by molar-refractivity contribution is -0.0395. The Morgan fingerprint density at radius 2 is 2.11 bits per heavy atom. The Morgan fingerprint density at radius 3 is 2.86 bits per heavy atom. The zero-order valence-corrected chi connectivity index (χ0v) is 21.8.